The molecule has 0 spiro atoms. The van der Waals surface area contributed by atoms with Gasteiger partial charge in [-0.15, -0.1) is 0 Å². The van der Waals surface area contributed by atoms with Crippen LogP contribution in [0, 0.1) is 11.3 Å². The van der Waals surface area contributed by atoms with Crippen LogP contribution in [-0.4, -0.2) is 25.0 Å². The Morgan fingerprint density at radius 1 is 1.21 bits per heavy atom. The summed E-state index contributed by atoms with van der Waals surface area (Å²) in [6.07, 6.45) is 9.74. The highest BCUT2D eigenvalue weighted by atomic mass is 16.1. The van der Waals surface area contributed by atoms with E-state index in [9.17, 15) is 4.79 Å². The molecule has 0 bridgehead atoms. The molecule has 0 aromatic rings. The maximum atomic E-state index is 12.3. The van der Waals surface area contributed by atoms with Gasteiger partial charge in [-0.05, 0) is 44.1 Å². The van der Waals surface area contributed by atoms with Gasteiger partial charge in [0.05, 0.1) is 0 Å². The number of nitrogens with one attached hydrogen (secondary N) is 2. The van der Waals surface area contributed by atoms with E-state index in [4.69, 9.17) is 0 Å². The topological polar surface area (TPSA) is 41.1 Å². The molecule has 1 saturated carbocycles. The molecular formula is C16H30N2O. The zero-order valence-electron chi connectivity index (χ0n) is 12.6. The molecule has 1 aliphatic heterocycles. The van der Waals surface area contributed by atoms with E-state index in [1.54, 1.807) is 0 Å². The van der Waals surface area contributed by atoms with Crippen LogP contribution in [0.25, 0.3) is 0 Å². The summed E-state index contributed by atoms with van der Waals surface area (Å²) < 4.78 is 0. The van der Waals surface area contributed by atoms with Crippen LogP contribution < -0.4 is 10.6 Å². The Morgan fingerprint density at radius 2 is 2.00 bits per heavy atom. The van der Waals surface area contributed by atoms with Crippen molar-refractivity contribution in [2.75, 3.05) is 13.1 Å². The van der Waals surface area contributed by atoms with Gasteiger partial charge < -0.3 is 10.6 Å². The van der Waals surface area contributed by atoms with E-state index in [0.717, 1.165) is 25.9 Å². The van der Waals surface area contributed by atoms with Gasteiger partial charge >= 0.3 is 0 Å². The number of hydrogen-bond donors (Lipinski definition) is 2. The number of piperidine rings is 1. The molecule has 19 heavy (non-hydrogen) atoms. The van der Waals surface area contributed by atoms with Crippen molar-refractivity contribution in [3.05, 3.63) is 0 Å². The zero-order chi connectivity index (χ0) is 13.7. The van der Waals surface area contributed by atoms with Crippen LogP contribution >= 0.6 is 0 Å². The van der Waals surface area contributed by atoms with Gasteiger partial charge in [0.1, 0.15) is 0 Å². The van der Waals surface area contributed by atoms with E-state index in [-0.39, 0.29) is 11.3 Å². The molecule has 1 heterocycles. The van der Waals surface area contributed by atoms with Crippen molar-refractivity contribution in [1.82, 2.24) is 10.6 Å². The van der Waals surface area contributed by atoms with Crippen LogP contribution in [0.3, 0.4) is 0 Å². The highest BCUT2D eigenvalue weighted by molar-refractivity contribution is 5.79. The van der Waals surface area contributed by atoms with E-state index >= 15 is 0 Å². The number of hydrogen-bond acceptors (Lipinski definition) is 2. The molecule has 0 aromatic heterocycles. The van der Waals surface area contributed by atoms with Crippen molar-refractivity contribution >= 4 is 5.91 Å². The summed E-state index contributed by atoms with van der Waals surface area (Å²) >= 11 is 0. The van der Waals surface area contributed by atoms with Crippen molar-refractivity contribution in [3.8, 4) is 0 Å². The van der Waals surface area contributed by atoms with E-state index in [0.29, 0.717) is 11.9 Å². The molecule has 0 aromatic carbocycles. The minimum atomic E-state index is 0.186. The number of rotatable bonds is 4. The second-order valence-electron chi connectivity index (χ2n) is 7.01. The number of carbonyl (C=O) groups is 1. The Bertz CT molecular complexity index is 295. The fourth-order valence-electron chi connectivity index (χ4n) is 3.64. The molecule has 2 unspecified atom stereocenters. The number of amides is 1. The van der Waals surface area contributed by atoms with Crippen LogP contribution in [0.5, 0.6) is 0 Å². The summed E-state index contributed by atoms with van der Waals surface area (Å²) in [5, 5.41) is 6.71. The first-order valence-electron chi connectivity index (χ1n) is 8.11. The molecule has 2 atom stereocenters. The third-order valence-electron chi connectivity index (χ3n) is 5.03. The normalized spacial score (nSPS) is 30.8. The molecule has 2 rings (SSSR count). The largest absolute Gasteiger partial charge is 0.356 e. The average molecular weight is 266 g/mol. The predicted octanol–water partition coefficient (Wildman–Crippen LogP) is 2.85. The minimum absolute atomic E-state index is 0.186. The molecule has 2 aliphatic rings. The summed E-state index contributed by atoms with van der Waals surface area (Å²) in [6.45, 7) is 6.48. The van der Waals surface area contributed by atoms with Crippen molar-refractivity contribution in [3.63, 3.8) is 0 Å². The first kappa shape index (κ1) is 14.8. The minimum Gasteiger partial charge on any atom is -0.356 e. The lowest BCUT2D eigenvalue weighted by Gasteiger charge is -2.37. The molecule has 2 fully saturated rings. The summed E-state index contributed by atoms with van der Waals surface area (Å²) in [5.41, 5.74) is 0.186. The quantitative estimate of drug-likeness (QED) is 0.821. The van der Waals surface area contributed by atoms with Crippen LogP contribution in [0.4, 0.5) is 0 Å². The van der Waals surface area contributed by atoms with Gasteiger partial charge in [0.25, 0.3) is 0 Å². The van der Waals surface area contributed by atoms with E-state index in [1.807, 2.05) is 0 Å². The molecule has 110 valence electrons. The fourth-order valence-corrected chi connectivity index (χ4v) is 3.64. The monoisotopic (exact) mass is 266 g/mol. The molecule has 1 aliphatic carbocycles. The maximum Gasteiger partial charge on any atom is 0.223 e. The van der Waals surface area contributed by atoms with Crippen molar-refractivity contribution in [1.29, 1.82) is 0 Å². The van der Waals surface area contributed by atoms with E-state index in [1.165, 1.54) is 38.5 Å². The molecule has 1 saturated heterocycles. The Hall–Kier alpha value is -0.570. The molecule has 0 radical (unpaired) electrons. The molecular weight excluding hydrogens is 236 g/mol. The van der Waals surface area contributed by atoms with Gasteiger partial charge in [-0.25, -0.2) is 0 Å². The Labute approximate surface area is 117 Å². The first-order chi connectivity index (χ1) is 9.09. The highest BCUT2D eigenvalue weighted by Gasteiger charge is 2.36. The summed E-state index contributed by atoms with van der Waals surface area (Å²) in [7, 11) is 0. The first-order valence-corrected chi connectivity index (χ1v) is 8.11. The van der Waals surface area contributed by atoms with Gasteiger partial charge in [-0.1, -0.05) is 33.1 Å². The third kappa shape index (κ3) is 4.20. The summed E-state index contributed by atoms with van der Waals surface area (Å²) in [6, 6.07) is 0.619. The number of carbonyl (C=O) groups excluding carboxylic acids is 1. The van der Waals surface area contributed by atoms with Crippen molar-refractivity contribution < 1.29 is 4.79 Å². The fraction of sp³-hybridized carbons (Fsp3) is 0.938. The molecule has 3 nitrogen and oxygen atoms in total. The van der Waals surface area contributed by atoms with Crippen LogP contribution in [0.2, 0.25) is 0 Å². The van der Waals surface area contributed by atoms with Crippen molar-refractivity contribution in [2.45, 2.75) is 71.3 Å². The van der Waals surface area contributed by atoms with Gasteiger partial charge in [-0.2, -0.15) is 0 Å². The Morgan fingerprint density at radius 3 is 2.68 bits per heavy atom. The lowest BCUT2D eigenvalue weighted by molar-refractivity contribution is -0.130. The Balaban J connectivity index is 1.71. The van der Waals surface area contributed by atoms with Crippen LogP contribution in [0.15, 0.2) is 0 Å². The van der Waals surface area contributed by atoms with Gasteiger partial charge in [0.15, 0.2) is 0 Å². The Kier molecular flexibility index (Phi) is 5.26. The molecule has 1 amide bonds. The summed E-state index contributed by atoms with van der Waals surface area (Å²) in [4.78, 5) is 12.3. The van der Waals surface area contributed by atoms with Gasteiger partial charge in [-0.3, -0.25) is 4.79 Å². The average Bonchev–Trinajstić information content (AvgIpc) is 2.39. The standard InChI is InChI=1S/C16H30N2O/c1-16(2)10-5-3-8-14(16)15(19)18-12-9-13-7-4-6-11-17-13/h13-14,17H,3-12H2,1-2H3,(H,18,19). The SMILES string of the molecule is CC1(C)CCCCC1C(=O)NCCC1CCCCN1. The van der Waals surface area contributed by atoms with E-state index in [2.05, 4.69) is 24.5 Å². The van der Waals surface area contributed by atoms with Crippen LogP contribution in [-0.2, 0) is 4.79 Å². The maximum absolute atomic E-state index is 12.3. The summed E-state index contributed by atoms with van der Waals surface area (Å²) in [5.74, 6) is 0.515. The third-order valence-corrected chi connectivity index (χ3v) is 5.03. The molecule has 3 heteroatoms. The smallest absolute Gasteiger partial charge is 0.223 e. The van der Waals surface area contributed by atoms with Crippen molar-refractivity contribution in [2.24, 2.45) is 11.3 Å². The zero-order valence-corrected chi connectivity index (χ0v) is 12.6. The predicted molar refractivity (Wildman–Crippen MR) is 79.0 cm³/mol. The van der Waals surface area contributed by atoms with Gasteiger partial charge in [0, 0.05) is 18.5 Å². The van der Waals surface area contributed by atoms with Gasteiger partial charge in [0.2, 0.25) is 5.91 Å². The van der Waals surface area contributed by atoms with Crippen LogP contribution in [0.1, 0.15) is 65.2 Å². The lowest BCUT2D eigenvalue weighted by atomic mass is 9.68. The second kappa shape index (κ2) is 6.74. The highest BCUT2D eigenvalue weighted by Crippen LogP contribution is 2.40. The second-order valence-corrected chi connectivity index (χ2v) is 7.01. The lowest BCUT2D eigenvalue weighted by Crippen LogP contribution is -2.43. The molecule has 2 N–H and O–H groups in total. The van der Waals surface area contributed by atoms with E-state index < -0.39 is 0 Å².